The molecule has 1 unspecified atom stereocenters. The van der Waals surface area contributed by atoms with Crippen molar-refractivity contribution in [3.63, 3.8) is 0 Å². The van der Waals surface area contributed by atoms with E-state index in [0.29, 0.717) is 0 Å². The van der Waals surface area contributed by atoms with E-state index in [1.807, 2.05) is 6.08 Å². The maximum Gasteiger partial charge on any atom is -0.0342 e. The van der Waals surface area contributed by atoms with Gasteiger partial charge in [-0.25, -0.2) is 0 Å². The van der Waals surface area contributed by atoms with Gasteiger partial charge in [0.05, 0.1) is 0 Å². The third-order valence-corrected chi connectivity index (χ3v) is 2.66. The minimum Gasteiger partial charge on any atom is -0.0988 e. The zero-order valence-corrected chi connectivity index (χ0v) is 10.8. The van der Waals surface area contributed by atoms with Crippen molar-refractivity contribution in [2.24, 2.45) is 5.92 Å². The van der Waals surface area contributed by atoms with Gasteiger partial charge in [0.25, 0.3) is 0 Å². The highest BCUT2D eigenvalue weighted by Crippen LogP contribution is 2.14. The molecule has 15 heavy (non-hydrogen) atoms. The summed E-state index contributed by atoms with van der Waals surface area (Å²) >= 11 is 0. The summed E-state index contributed by atoms with van der Waals surface area (Å²) in [7, 11) is 0. The molecule has 0 radical (unpaired) electrons. The van der Waals surface area contributed by atoms with Crippen LogP contribution in [0, 0.1) is 5.92 Å². The second-order valence-corrected chi connectivity index (χ2v) is 4.69. The fraction of sp³-hybridized carbons (Fsp3) is 0.600. The van der Waals surface area contributed by atoms with Gasteiger partial charge in [-0.3, -0.25) is 0 Å². The zero-order chi connectivity index (χ0) is 11.7. The van der Waals surface area contributed by atoms with Crippen LogP contribution in [-0.4, -0.2) is 0 Å². The predicted molar refractivity (Wildman–Crippen MR) is 71.0 cm³/mol. The summed E-state index contributed by atoms with van der Waals surface area (Å²) < 4.78 is 0. The third-order valence-electron chi connectivity index (χ3n) is 2.66. The number of allylic oxidation sites excluding steroid dienone is 5. The summed E-state index contributed by atoms with van der Waals surface area (Å²) in [5.74, 6) is 0.828. The second-order valence-electron chi connectivity index (χ2n) is 4.69. The molecule has 1 atom stereocenters. The predicted octanol–water partition coefficient (Wildman–Crippen LogP) is 5.28. The molecule has 0 nitrogen and oxygen atoms in total. The zero-order valence-electron chi connectivity index (χ0n) is 10.8. The van der Waals surface area contributed by atoms with Crippen molar-refractivity contribution < 1.29 is 0 Å². The molecule has 0 aromatic carbocycles. The van der Waals surface area contributed by atoms with Gasteiger partial charge in [-0.15, -0.1) is 0 Å². The van der Waals surface area contributed by atoms with Gasteiger partial charge in [0.1, 0.15) is 0 Å². The van der Waals surface area contributed by atoms with Gasteiger partial charge < -0.3 is 0 Å². The lowest BCUT2D eigenvalue weighted by atomic mass is 9.98. The van der Waals surface area contributed by atoms with Crippen molar-refractivity contribution >= 4 is 0 Å². The van der Waals surface area contributed by atoms with E-state index in [1.54, 1.807) is 0 Å². The van der Waals surface area contributed by atoms with E-state index in [9.17, 15) is 0 Å². The minimum absolute atomic E-state index is 0.828. The lowest BCUT2D eigenvalue weighted by Crippen LogP contribution is -1.93. The minimum atomic E-state index is 0.828. The highest BCUT2D eigenvalue weighted by molar-refractivity contribution is 5.12. The van der Waals surface area contributed by atoms with E-state index in [2.05, 4.69) is 46.4 Å². The molecule has 0 fully saturated rings. The SMILES string of the molecule is C=CC(C)=CCCC(C)CCC=C(C)C. The molecular formula is C15H26. The Labute approximate surface area is 95.8 Å². The van der Waals surface area contributed by atoms with Gasteiger partial charge in [0.2, 0.25) is 0 Å². The van der Waals surface area contributed by atoms with Gasteiger partial charge in [-0.1, -0.05) is 42.9 Å². The first-order chi connectivity index (χ1) is 7.06. The molecule has 0 aliphatic heterocycles. The first-order valence-corrected chi connectivity index (χ1v) is 5.98. The van der Waals surface area contributed by atoms with E-state index < -0.39 is 0 Å². The van der Waals surface area contributed by atoms with Crippen molar-refractivity contribution in [2.45, 2.75) is 53.4 Å². The van der Waals surface area contributed by atoms with Gasteiger partial charge in [0, 0.05) is 0 Å². The molecule has 0 rings (SSSR count). The van der Waals surface area contributed by atoms with Crippen LogP contribution in [-0.2, 0) is 0 Å². The third kappa shape index (κ3) is 9.52. The Balaban J connectivity index is 3.62. The van der Waals surface area contributed by atoms with E-state index in [4.69, 9.17) is 0 Å². The number of hydrogen-bond donors (Lipinski definition) is 0. The molecular weight excluding hydrogens is 180 g/mol. The Morgan fingerprint density at radius 2 is 1.60 bits per heavy atom. The van der Waals surface area contributed by atoms with E-state index in [1.165, 1.54) is 36.8 Å². The topological polar surface area (TPSA) is 0 Å². The van der Waals surface area contributed by atoms with Crippen LogP contribution in [0.1, 0.15) is 53.4 Å². The molecule has 0 aliphatic rings. The summed E-state index contributed by atoms with van der Waals surface area (Å²) in [6.07, 6.45) is 11.6. The average Bonchev–Trinajstić information content (AvgIpc) is 2.17. The van der Waals surface area contributed by atoms with Crippen LogP contribution < -0.4 is 0 Å². The average molecular weight is 206 g/mol. The molecule has 0 heteroatoms. The Kier molecular flexibility index (Phi) is 8.08. The normalized spacial score (nSPS) is 13.5. The van der Waals surface area contributed by atoms with E-state index in [0.717, 1.165) is 5.92 Å². The second kappa shape index (κ2) is 8.52. The quantitative estimate of drug-likeness (QED) is 0.392. The molecule has 0 amide bonds. The molecule has 0 heterocycles. The first kappa shape index (κ1) is 14.2. The van der Waals surface area contributed by atoms with Gasteiger partial charge >= 0.3 is 0 Å². The van der Waals surface area contributed by atoms with E-state index in [-0.39, 0.29) is 0 Å². The summed E-state index contributed by atoms with van der Waals surface area (Å²) in [6, 6.07) is 0. The fourth-order valence-corrected chi connectivity index (χ4v) is 1.48. The van der Waals surface area contributed by atoms with Crippen LogP contribution in [0.5, 0.6) is 0 Å². The lowest BCUT2D eigenvalue weighted by molar-refractivity contribution is 0.501. The smallest absolute Gasteiger partial charge is 0.0342 e. The fourth-order valence-electron chi connectivity index (χ4n) is 1.48. The highest BCUT2D eigenvalue weighted by Gasteiger charge is 1.99. The largest absolute Gasteiger partial charge is 0.0988 e. The van der Waals surface area contributed by atoms with Crippen molar-refractivity contribution in [2.75, 3.05) is 0 Å². The summed E-state index contributed by atoms with van der Waals surface area (Å²) in [5, 5.41) is 0. The molecule has 86 valence electrons. The van der Waals surface area contributed by atoms with Crippen LogP contribution >= 0.6 is 0 Å². The summed E-state index contributed by atoms with van der Waals surface area (Å²) in [4.78, 5) is 0. The van der Waals surface area contributed by atoms with E-state index >= 15 is 0 Å². The summed E-state index contributed by atoms with van der Waals surface area (Å²) in [6.45, 7) is 12.5. The van der Waals surface area contributed by atoms with Crippen LogP contribution in [0.25, 0.3) is 0 Å². The Hall–Kier alpha value is -0.780. The number of rotatable bonds is 7. The maximum absolute atomic E-state index is 3.75. The molecule has 0 saturated carbocycles. The van der Waals surface area contributed by atoms with Gasteiger partial charge in [0.15, 0.2) is 0 Å². The number of hydrogen-bond acceptors (Lipinski definition) is 0. The monoisotopic (exact) mass is 206 g/mol. The molecule has 0 saturated heterocycles. The molecule has 0 bridgehead atoms. The first-order valence-electron chi connectivity index (χ1n) is 5.98. The molecule has 0 aromatic rings. The standard InChI is InChI=1S/C15H26/c1-6-14(4)10-8-12-15(5)11-7-9-13(2)3/h6,9-10,15H,1,7-8,11-12H2,2-5H3. The van der Waals surface area contributed by atoms with Crippen LogP contribution in [0.2, 0.25) is 0 Å². The van der Waals surface area contributed by atoms with Crippen molar-refractivity contribution in [1.82, 2.24) is 0 Å². The van der Waals surface area contributed by atoms with Crippen LogP contribution in [0.4, 0.5) is 0 Å². The van der Waals surface area contributed by atoms with Crippen LogP contribution in [0.3, 0.4) is 0 Å². The van der Waals surface area contributed by atoms with Crippen LogP contribution in [0.15, 0.2) is 36.0 Å². The van der Waals surface area contributed by atoms with Gasteiger partial charge in [-0.2, -0.15) is 0 Å². The van der Waals surface area contributed by atoms with Crippen molar-refractivity contribution in [3.8, 4) is 0 Å². The molecule has 0 spiro atoms. The molecule has 0 aliphatic carbocycles. The maximum atomic E-state index is 3.75. The van der Waals surface area contributed by atoms with Gasteiger partial charge in [-0.05, 0) is 52.4 Å². The Morgan fingerprint density at radius 3 is 2.07 bits per heavy atom. The highest BCUT2D eigenvalue weighted by atomic mass is 14.0. The Morgan fingerprint density at radius 1 is 1.07 bits per heavy atom. The summed E-state index contributed by atoms with van der Waals surface area (Å²) in [5.41, 5.74) is 2.73. The van der Waals surface area contributed by atoms with Crippen molar-refractivity contribution in [1.29, 1.82) is 0 Å². The molecule has 0 aromatic heterocycles. The lowest BCUT2D eigenvalue weighted by Gasteiger charge is -2.08. The van der Waals surface area contributed by atoms with Crippen molar-refractivity contribution in [3.05, 3.63) is 36.0 Å². The Bertz CT molecular complexity index is 226. The molecule has 0 N–H and O–H groups in total.